The van der Waals surface area contributed by atoms with Gasteiger partial charge in [-0.05, 0) is 32.4 Å². The van der Waals surface area contributed by atoms with E-state index >= 15 is 0 Å². The van der Waals surface area contributed by atoms with Gasteiger partial charge in [0.2, 0.25) is 0 Å². The van der Waals surface area contributed by atoms with Crippen molar-refractivity contribution in [3.8, 4) is 0 Å². The molecule has 0 aromatic rings. The van der Waals surface area contributed by atoms with E-state index in [9.17, 15) is 4.79 Å². The Morgan fingerprint density at radius 2 is 1.78 bits per heavy atom. The molecular formula is C14H30N2O2. The van der Waals surface area contributed by atoms with Gasteiger partial charge in [-0.3, -0.25) is 4.79 Å². The molecule has 1 unspecified atom stereocenters. The van der Waals surface area contributed by atoms with Gasteiger partial charge in [-0.25, -0.2) is 0 Å². The first-order chi connectivity index (χ1) is 8.14. The summed E-state index contributed by atoms with van der Waals surface area (Å²) in [4.78, 5) is 14.1. The van der Waals surface area contributed by atoms with Crippen molar-refractivity contribution in [2.45, 2.75) is 46.6 Å². The Balaban J connectivity index is 4.63. The molecule has 1 N–H and O–H groups in total. The average Bonchev–Trinajstić information content (AvgIpc) is 2.22. The van der Waals surface area contributed by atoms with Crippen LogP contribution in [0.25, 0.3) is 0 Å². The molecule has 0 bridgehead atoms. The molecule has 0 radical (unpaired) electrons. The number of hydrogen-bond acceptors (Lipinski definition) is 4. The molecule has 0 aliphatic carbocycles. The van der Waals surface area contributed by atoms with Crippen LogP contribution in [0.2, 0.25) is 0 Å². The zero-order chi connectivity index (χ0) is 14.4. The second-order valence-electron chi connectivity index (χ2n) is 6.48. The topological polar surface area (TPSA) is 41.6 Å². The Labute approximate surface area is 112 Å². The van der Waals surface area contributed by atoms with Crippen LogP contribution >= 0.6 is 0 Å². The summed E-state index contributed by atoms with van der Waals surface area (Å²) in [6, 6.07) is 0. The maximum atomic E-state index is 11.9. The number of hydrogen-bond donors (Lipinski definition) is 1. The van der Waals surface area contributed by atoms with Crippen LogP contribution in [0.5, 0.6) is 0 Å². The minimum atomic E-state index is -0.634. The van der Waals surface area contributed by atoms with Gasteiger partial charge in [-0.2, -0.15) is 0 Å². The predicted octanol–water partition coefficient (Wildman–Crippen LogP) is 1.90. The molecule has 0 aromatic carbocycles. The van der Waals surface area contributed by atoms with Crippen LogP contribution in [0.1, 0.15) is 41.0 Å². The highest BCUT2D eigenvalue weighted by atomic mass is 16.5. The van der Waals surface area contributed by atoms with E-state index < -0.39 is 5.54 Å². The molecule has 4 nitrogen and oxygen atoms in total. The lowest BCUT2D eigenvalue weighted by Gasteiger charge is -2.35. The smallest absolute Gasteiger partial charge is 0.327 e. The minimum absolute atomic E-state index is 0.197. The highest BCUT2D eigenvalue weighted by Crippen LogP contribution is 2.16. The Morgan fingerprint density at radius 1 is 1.22 bits per heavy atom. The second-order valence-corrected chi connectivity index (χ2v) is 6.48. The van der Waals surface area contributed by atoms with E-state index in [4.69, 9.17) is 4.74 Å². The van der Waals surface area contributed by atoms with Crippen LogP contribution in [0.3, 0.4) is 0 Å². The summed E-state index contributed by atoms with van der Waals surface area (Å²) in [5.41, 5.74) is -0.415. The summed E-state index contributed by atoms with van der Waals surface area (Å²) in [5.74, 6) is -0.197. The number of carbonyl (C=O) groups is 1. The van der Waals surface area contributed by atoms with Crippen LogP contribution in [-0.4, -0.2) is 50.2 Å². The third-order valence-electron chi connectivity index (χ3n) is 2.73. The zero-order valence-corrected chi connectivity index (χ0v) is 13.1. The Bertz CT molecular complexity index is 261. The van der Waals surface area contributed by atoms with Crippen molar-refractivity contribution >= 4 is 5.97 Å². The molecule has 1 atom stereocenters. The highest BCUT2D eigenvalue weighted by molar-refractivity contribution is 5.80. The van der Waals surface area contributed by atoms with Crippen molar-refractivity contribution in [3.05, 3.63) is 0 Å². The lowest BCUT2D eigenvalue weighted by molar-refractivity contribution is -0.148. The number of likely N-dealkylation sites (N-methyl/N-ethyl adjacent to an activating group) is 1. The van der Waals surface area contributed by atoms with Crippen LogP contribution < -0.4 is 5.32 Å². The summed E-state index contributed by atoms with van der Waals surface area (Å²) in [7, 11) is 3.48. The van der Waals surface area contributed by atoms with Gasteiger partial charge in [0.05, 0.1) is 7.11 Å². The van der Waals surface area contributed by atoms with Crippen molar-refractivity contribution in [1.82, 2.24) is 10.2 Å². The van der Waals surface area contributed by atoms with Gasteiger partial charge in [-0.1, -0.05) is 27.7 Å². The quantitative estimate of drug-likeness (QED) is 0.708. The molecule has 0 aliphatic heterocycles. The number of nitrogens with zero attached hydrogens (tertiary/aromatic N) is 1. The van der Waals surface area contributed by atoms with Crippen LogP contribution in [-0.2, 0) is 9.53 Å². The largest absolute Gasteiger partial charge is 0.468 e. The number of nitrogens with one attached hydrogen (secondary N) is 1. The molecule has 0 aromatic heterocycles. The summed E-state index contributed by atoms with van der Waals surface area (Å²) < 4.78 is 4.92. The fraction of sp³-hybridized carbons (Fsp3) is 0.929. The number of carbonyl (C=O) groups excluding carboxylic acids is 1. The SMILES string of the molecule is CCCNC(C)(CN(C)CC(C)(C)C)C(=O)OC. The zero-order valence-electron chi connectivity index (χ0n) is 13.1. The van der Waals surface area contributed by atoms with E-state index in [1.807, 2.05) is 14.0 Å². The van der Waals surface area contributed by atoms with Gasteiger partial charge in [0.25, 0.3) is 0 Å². The van der Waals surface area contributed by atoms with Crippen LogP contribution in [0, 0.1) is 5.41 Å². The first-order valence-corrected chi connectivity index (χ1v) is 6.66. The van der Waals surface area contributed by atoms with Crippen molar-refractivity contribution in [1.29, 1.82) is 0 Å². The van der Waals surface area contributed by atoms with Crippen molar-refractivity contribution in [2.75, 3.05) is 33.8 Å². The van der Waals surface area contributed by atoms with Gasteiger partial charge in [0.1, 0.15) is 5.54 Å². The van der Waals surface area contributed by atoms with E-state index in [-0.39, 0.29) is 11.4 Å². The van der Waals surface area contributed by atoms with Crippen molar-refractivity contribution < 1.29 is 9.53 Å². The third kappa shape index (κ3) is 6.36. The molecule has 0 saturated heterocycles. The molecule has 0 amide bonds. The fourth-order valence-electron chi connectivity index (χ4n) is 2.22. The van der Waals surface area contributed by atoms with Gasteiger partial charge >= 0.3 is 5.97 Å². The highest BCUT2D eigenvalue weighted by Gasteiger charge is 2.35. The van der Waals surface area contributed by atoms with Crippen LogP contribution in [0.15, 0.2) is 0 Å². The third-order valence-corrected chi connectivity index (χ3v) is 2.73. The normalized spacial score (nSPS) is 15.6. The molecule has 0 aliphatic rings. The molecule has 0 rings (SSSR count). The van der Waals surface area contributed by atoms with E-state index in [1.54, 1.807) is 0 Å². The standard InChI is InChI=1S/C14H30N2O2/c1-8-9-15-14(5,12(17)18-7)11-16(6)10-13(2,3)4/h15H,8-11H2,1-7H3. The van der Waals surface area contributed by atoms with Gasteiger partial charge < -0.3 is 15.0 Å². The molecule has 0 saturated carbocycles. The second kappa shape index (κ2) is 7.10. The molecular weight excluding hydrogens is 228 g/mol. The first kappa shape index (κ1) is 17.4. The van der Waals surface area contributed by atoms with Crippen molar-refractivity contribution in [2.24, 2.45) is 5.41 Å². The number of methoxy groups -OCH3 is 1. The van der Waals surface area contributed by atoms with Gasteiger partial charge in [-0.15, -0.1) is 0 Å². The van der Waals surface area contributed by atoms with Gasteiger partial charge in [0.15, 0.2) is 0 Å². The van der Waals surface area contributed by atoms with Crippen LogP contribution in [0.4, 0.5) is 0 Å². The Morgan fingerprint density at radius 3 is 2.17 bits per heavy atom. The van der Waals surface area contributed by atoms with E-state index in [1.165, 1.54) is 7.11 Å². The summed E-state index contributed by atoms with van der Waals surface area (Å²) >= 11 is 0. The lowest BCUT2D eigenvalue weighted by Crippen LogP contribution is -2.57. The summed E-state index contributed by atoms with van der Waals surface area (Å²) in [6.07, 6.45) is 0.996. The fourth-order valence-corrected chi connectivity index (χ4v) is 2.22. The molecule has 0 fully saturated rings. The van der Waals surface area contributed by atoms with Crippen molar-refractivity contribution in [3.63, 3.8) is 0 Å². The summed E-state index contributed by atoms with van der Waals surface area (Å²) in [5, 5.41) is 3.30. The Hall–Kier alpha value is -0.610. The first-order valence-electron chi connectivity index (χ1n) is 6.66. The van der Waals surface area contributed by atoms with Gasteiger partial charge in [0, 0.05) is 13.1 Å². The average molecular weight is 258 g/mol. The maximum absolute atomic E-state index is 11.9. The molecule has 18 heavy (non-hydrogen) atoms. The van der Waals surface area contributed by atoms with E-state index in [0.717, 1.165) is 19.5 Å². The number of ether oxygens (including phenoxy) is 1. The molecule has 4 heteroatoms. The monoisotopic (exact) mass is 258 g/mol. The lowest BCUT2D eigenvalue weighted by atomic mass is 9.94. The molecule has 0 heterocycles. The minimum Gasteiger partial charge on any atom is -0.468 e. The predicted molar refractivity (Wildman–Crippen MR) is 75.7 cm³/mol. The van der Waals surface area contributed by atoms with E-state index in [0.29, 0.717) is 6.54 Å². The number of rotatable bonds is 7. The Kier molecular flexibility index (Phi) is 6.86. The summed E-state index contributed by atoms with van der Waals surface area (Å²) in [6.45, 7) is 13.0. The number of esters is 1. The molecule has 0 spiro atoms. The maximum Gasteiger partial charge on any atom is 0.327 e. The van der Waals surface area contributed by atoms with E-state index in [2.05, 4.69) is 37.9 Å². The molecule has 108 valence electrons.